The Labute approximate surface area is 479 Å². The summed E-state index contributed by atoms with van der Waals surface area (Å²) in [6.07, 6.45) is 0. The van der Waals surface area contributed by atoms with E-state index in [0.717, 1.165) is 0 Å². The predicted molar refractivity (Wildman–Crippen MR) is 99.9 cm³/mol. The van der Waals surface area contributed by atoms with Crippen molar-refractivity contribution in [3.8, 4) is 0 Å². The molecule has 11 nitrogen and oxygen atoms in total. The van der Waals surface area contributed by atoms with Crippen molar-refractivity contribution in [2.24, 2.45) is 0 Å². The summed E-state index contributed by atoms with van der Waals surface area (Å²) in [5, 5.41) is 0. The Morgan fingerprint density at radius 3 is 0.156 bits per heavy atom. The molecule has 0 aromatic carbocycles. The second-order valence-corrected chi connectivity index (χ2v) is 0. The summed E-state index contributed by atoms with van der Waals surface area (Å²) in [6, 6.07) is 0. The van der Waals surface area contributed by atoms with Gasteiger partial charge in [-0.1, -0.05) is 0 Å². The SMILES string of the molecule is OCl.OCl.OCl.OCl.OCl.OCl.OCl.OCl.OCl.OCl.OCl.[H-].[H-].[H-].[H-].[H-].[H-].[H-].[H-].[H-].[H-].[Na+].[Na+].[Na+].[Na+].[Na+].[Na+].[Na+].[Na+].[Na+].[Na+]. The monoisotopic (exact) mass is 812 g/mol. The summed E-state index contributed by atoms with van der Waals surface area (Å²) in [5.74, 6) is 0. The Morgan fingerprint density at radius 2 is 0.156 bits per heavy atom. The number of hydrogen-bond acceptors (Lipinski definition) is 11. The van der Waals surface area contributed by atoms with E-state index in [1.165, 1.54) is 0 Å². The molecule has 32 heteroatoms. The molecule has 0 bridgehead atoms. The van der Waals surface area contributed by atoms with Gasteiger partial charge in [0.1, 0.15) is 0 Å². The molecular formula is H21Cl11Na10O11. The molecule has 0 heterocycles. The fourth-order valence-electron chi connectivity index (χ4n) is 0. The van der Waals surface area contributed by atoms with Crippen molar-refractivity contribution in [1.29, 1.82) is 0 Å². The van der Waals surface area contributed by atoms with E-state index in [1.807, 2.05) is 0 Å². The van der Waals surface area contributed by atoms with Crippen LogP contribution in [0.3, 0.4) is 0 Å². The summed E-state index contributed by atoms with van der Waals surface area (Å²) < 4.78 is 71.2. The second kappa shape index (κ2) is 492. The molecule has 0 radical (unpaired) electrons. The molecule has 11 N–H and O–H groups in total. The molecule has 0 rings (SSSR count). The van der Waals surface area contributed by atoms with Crippen LogP contribution in [-0.4, -0.2) is 51.2 Å². The third kappa shape index (κ3) is 458. The van der Waals surface area contributed by atoms with E-state index < -0.39 is 0 Å². The molecule has 0 saturated heterocycles. The van der Waals surface area contributed by atoms with Gasteiger partial charge in [0, 0.05) is 0 Å². The largest absolute Gasteiger partial charge is 1.00 e. The first-order chi connectivity index (χ1) is 11.0. The molecule has 0 saturated carbocycles. The Hall–Kier alpha value is 12.8. The van der Waals surface area contributed by atoms with Crippen molar-refractivity contribution in [2.45, 2.75) is 0 Å². The molecule has 0 aromatic heterocycles. The quantitative estimate of drug-likeness (QED) is 0.103. The second-order valence-electron chi connectivity index (χ2n) is 0. The smallest absolute Gasteiger partial charge is 1.00 e. The van der Waals surface area contributed by atoms with Crippen LogP contribution in [0.4, 0.5) is 0 Å². The average Bonchev–Trinajstić information content (AvgIpc) is 2.78. The molecular weight excluding hydrogens is 796 g/mol. The van der Waals surface area contributed by atoms with Crippen molar-refractivity contribution in [3.05, 3.63) is 0 Å². The van der Waals surface area contributed by atoms with Crippen LogP contribution in [-0.2, 0) is 0 Å². The van der Waals surface area contributed by atoms with E-state index in [-0.39, 0.29) is 310 Å². The fourth-order valence-corrected chi connectivity index (χ4v) is 0. The van der Waals surface area contributed by atoms with Crippen molar-refractivity contribution in [3.63, 3.8) is 0 Å². The first-order valence-corrected chi connectivity index (χ1v) is 5.58. The van der Waals surface area contributed by atoms with Crippen molar-refractivity contribution < 1.29 is 361 Å². The molecule has 0 fully saturated rings. The zero-order valence-corrected chi connectivity index (χ0v) is 47.4. The molecule has 0 spiro atoms. The molecule has 0 aliphatic heterocycles. The maximum absolute atomic E-state index is 6.47. The van der Waals surface area contributed by atoms with Gasteiger partial charge in [0.15, 0.2) is 0 Å². The first-order valence-electron chi connectivity index (χ1n) is 1.86. The normalized spacial score (nSPS) is 2.06. The van der Waals surface area contributed by atoms with Gasteiger partial charge in [-0.15, -0.1) is 0 Å². The van der Waals surface area contributed by atoms with Gasteiger partial charge < -0.3 is 14.3 Å². The number of rotatable bonds is 0. The minimum Gasteiger partial charge on any atom is -1.00 e. The summed E-state index contributed by atoms with van der Waals surface area (Å²) in [7, 11) is 0. The topological polar surface area (TPSA) is 223 Å². The average molecular weight is 817 g/mol. The van der Waals surface area contributed by atoms with E-state index in [1.54, 1.807) is 0 Å². The molecule has 174 valence electrons. The minimum absolute atomic E-state index is 0. The van der Waals surface area contributed by atoms with E-state index in [0.29, 0.717) is 0 Å². The molecule has 0 atom stereocenters. The third-order valence-corrected chi connectivity index (χ3v) is 0. The molecule has 0 aliphatic carbocycles. The van der Waals surface area contributed by atoms with Gasteiger partial charge in [-0.25, -0.2) is 0 Å². The third-order valence-electron chi connectivity index (χ3n) is 0. The van der Waals surface area contributed by atoms with E-state index in [2.05, 4.69) is 131 Å². The van der Waals surface area contributed by atoms with Crippen molar-refractivity contribution >= 4 is 131 Å². The maximum atomic E-state index is 6.47. The van der Waals surface area contributed by atoms with Crippen LogP contribution in [0.15, 0.2) is 0 Å². The van der Waals surface area contributed by atoms with Crippen LogP contribution in [0.25, 0.3) is 0 Å². The first kappa shape index (κ1) is 152. The van der Waals surface area contributed by atoms with E-state index in [9.17, 15) is 0 Å². The summed E-state index contributed by atoms with van der Waals surface area (Å²) >= 11 is 40.0. The van der Waals surface area contributed by atoms with E-state index in [4.69, 9.17) is 51.2 Å². The predicted octanol–water partition coefficient (Wildman–Crippen LogP) is -27.4. The van der Waals surface area contributed by atoms with Gasteiger partial charge >= 0.3 is 296 Å². The number of hydrogen-bond donors (Lipinski definition) is 11. The van der Waals surface area contributed by atoms with Crippen LogP contribution in [0.2, 0.25) is 0 Å². The van der Waals surface area contributed by atoms with Gasteiger partial charge in [-0.2, -0.15) is 0 Å². The maximum Gasteiger partial charge on any atom is 1.00 e. The Balaban J connectivity index is -0.00000000104. The summed E-state index contributed by atoms with van der Waals surface area (Å²) in [5.41, 5.74) is 0. The van der Waals surface area contributed by atoms with Gasteiger partial charge in [-0.3, -0.25) is 51.2 Å². The Morgan fingerprint density at radius 1 is 0.156 bits per heavy atom. The zero-order chi connectivity index (χ0) is 22.0. The van der Waals surface area contributed by atoms with Crippen molar-refractivity contribution in [1.82, 2.24) is 0 Å². The molecule has 0 unspecified atom stereocenters. The van der Waals surface area contributed by atoms with Gasteiger partial charge in [0.05, 0.1) is 131 Å². The van der Waals surface area contributed by atoms with Gasteiger partial charge in [0.25, 0.3) is 0 Å². The molecule has 32 heavy (non-hydrogen) atoms. The molecule has 0 aliphatic rings. The minimum atomic E-state index is 0. The summed E-state index contributed by atoms with van der Waals surface area (Å²) in [4.78, 5) is 0. The van der Waals surface area contributed by atoms with Crippen LogP contribution in [0.1, 0.15) is 14.3 Å². The van der Waals surface area contributed by atoms with Crippen LogP contribution in [0.5, 0.6) is 0 Å². The fraction of sp³-hybridized carbons (Fsp3) is 0. The van der Waals surface area contributed by atoms with Gasteiger partial charge in [0.2, 0.25) is 0 Å². The van der Waals surface area contributed by atoms with Crippen LogP contribution >= 0.6 is 131 Å². The van der Waals surface area contributed by atoms with Crippen LogP contribution in [0, 0.1) is 0 Å². The zero-order valence-electron chi connectivity index (χ0n) is 29.1. The number of halogens is 11. The Bertz CT molecular complexity index is 83.9. The Kier molecular flexibility index (Phi) is 2330. The summed E-state index contributed by atoms with van der Waals surface area (Å²) in [6.45, 7) is 0. The molecule has 0 aromatic rings. The van der Waals surface area contributed by atoms with Gasteiger partial charge in [-0.05, 0) is 0 Å². The molecule has 0 amide bonds. The van der Waals surface area contributed by atoms with Crippen LogP contribution < -0.4 is 296 Å². The van der Waals surface area contributed by atoms with E-state index >= 15 is 0 Å². The standard InChI is InChI=1S/11ClHO.10Na.10H/c11*1-2;;;;;;;;;;;;;;;;;;;;/h11*2H;;;;;;;;;;;;;;;;;;;;/q;;;;;;;;;;;10*+1;10*-1. The van der Waals surface area contributed by atoms with Crippen molar-refractivity contribution in [2.75, 3.05) is 0 Å².